The minimum Gasteiger partial charge on any atom is -0.481 e. The van der Waals surface area contributed by atoms with Crippen LogP contribution in [0.1, 0.15) is 5.56 Å². The Morgan fingerprint density at radius 2 is 1.76 bits per heavy atom. The van der Waals surface area contributed by atoms with E-state index in [-0.39, 0.29) is 11.6 Å². The Balaban J connectivity index is 1.76. The van der Waals surface area contributed by atoms with E-state index in [2.05, 4.69) is 9.97 Å². The van der Waals surface area contributed by atoms with Crippen molar-refractivity contribution in [3.63, 3.8) is 0 Å². The fraction of sp³-hybridized carbons (Fsp3) is 0.0556. The van der Waals surface area contributed by atoms with Crippen molar-refractivity contribution in [1.29, 1.82) is 5.41 Å². The molecule has 3 aromatic rings. The number of carboxylic acid groups (broad SMARTS) is 1. The average Bonchev–Trinajstić information content (AvgIpc) is 3.10. The van der Waals surface area contributed by atoms with Gasteiger partial charge in [0.2, 0.25) is 0 Å². The van der Waals surface area contributed by atoms with Crippen LogP contribution >= 0.6 is 11.8 Å². The third-order valence-corrected chi connectivity index (χ3v) is 4.56. The highest BCUT2D eigenvalue weighted by atomic mass is 32.2. The third kappa shape index (κ3) is 4.07. The van der Waals surface area contributed by atoms with E-state index in [1.807, 2.05) is 42.6 Å². The summed E-state index contributed by atoms with van der Waals surface area (Å²) < 4.78 is 0. The van der Waals surface area contributed by atoms with Crippen molar-refractivity contribution in [2.75, 3.05) is 5.75 Å². The van der Waals surface area contributed by atoms with E-state index in [1.165, 1.54) is 11.8 Å². The zero-order chi connectivity index (χ0) is 17.8. The maximum absolute atomic E-state index is 10.6. The van der Waals surface area contributed by atoms with Gasteiger partial charge in [0, 0.05) is 27.8 Å². The van der Waals surface area contributed by atoms with E-state index < -0.39 is 5.97 Å². The number of hydrogen-bond donors (Lipinski definition) is 4. The summed E-state index contributed by atoms with van der Waals surface area (Å²) >= 11 is 1.28. The number of carbonyl (C=O) groups is 1. The monoisotopic (exact) mass is 352 g/mol. The molecule has 0 aliphatic heterocycles. The molecule has 126 valence electrons. The highest BCUT2D eigenvalue weighted by Crippen LogP contribution is 2.25. The van der Waals surface area contributed by atoms with Crippen molar-refractivity contribution >= 4 is 23.6 Å². The molecule has 1 heterocycles. The number of nitrogens with two attached hydrogens (primary N) is 1. The number of hydrogen-bond acceptors (Lipinski definition) is 4. The molecule has 2 aromatic carbocycles. The number of nitrogen functional groups attached to an aromatic ring is 1. The molecule has 5 N–H and O–H groups in total. The maximum Gasteiger partial charge on any atom is 0.313 e. The number of aromatic amines is 1. The zero-order valence-corrected chi connectivity index (χ0v) is 14.0. The van der Waals surface area contributed by atoms with Crippen molar-refractivity contribution in [2.24, 2.45) is 5.73 Å². The van der Waals surface area contributed by atoms with Gasteiger partial charge in [0.1, 0.15) is 11.7 Å². The quantitative estimate of drug-likeness (QED) is 0.309. The van der Waals surface area contributed by atoms with Gasteiger partial charge in [-0.1, -0.05) is 36.4 Å². The lowest BCUT2D eigenvalue weighted by Gasteiger charge is -2.01. The molecule has 0 aliphatic carbocycles. The van der Waals surface area contributed by atoms with E-state index in [1.54, 1.807) is 12.1 Å². The molecule has 1 aromatic heterocycles. The number of aromatic nitrogens is 2. The minimum atomic E-state index is -0.833. The second kappa shape index (κ2) is 7.23. The van der Waals surface area contributed by atoms with Crippen LogP contribution in [0.3, 0.4) is 0 Å². The van der Waals surface area contributed by atoms with Crippen molar-refractivity contribution in [3.05, 3.63) is 60.3 Å². The molecule has 0 saturated heterocycles. The summed E-state index contributed by atoms with van der Waals surface area (Å²) in [5.74, 6) is -0.0170. The highest BCUT2D eigenvalue weighted by molar-refractivity contribution is 8.00. The van der Waals surface area contributed by atoms with Crippen LogP contribution in [0.4, 0.5) is 0 Å². The lowest BCUT2D eigenvalue weighted by atomic mass is 10.1. The van der Waals surface area contributed by atoms with Crippen LogP contribution in [0.5, 0.6) is 0 Å². The zero-order valence-electron chi connectivity index (χ0n) is 13.2. The van der Waals surface area contributed by atoms with E-state index in [9.17, 15) is 4.79 Å². The van der Waals surface area contributed by atoms with Gasteiger partial charge in [0.15, 0.2) is 0 Å². The second-order valence-corrected chi connectivity index (χ2v) is 6.38. The fourth-order valence-electron chi connectivity index (χ4n) is 2.29. The third-order valence-electron chi connectivity index (χ3n) is 3.56. The topological polar surface area (TPSA) is 116 Å². The predicted molar refractivity (Wildman–Crippen MR) is 98.8 cm³/mol. The molecule has 6 nitrogen and oxygen atoms in total. The molecule has 0 saturated carbocycles. The number of thioether (sulfide) groups is 1. The molecular formula is C18H16N4O2S. The van der Waals surface area contributed by atoms with Crippen LogP contribution < -0.4 is 5.73 Å². The molecule has 0 unspecified atom stereocenters. The van der Waals surface area contributed by atoms with Gasteiger partial charge in [-0.05, 0) is 12.1 Å². The summed E-state index contributed by atoms with van der Waals surface area (Å²) in [6, 6.07) is 14.9. The molecule has 0 bridgehead atoms. The Morgan fingerprint density at radius 3 is 2.36 bits per heavy atom. The highest BCUT2D eigenvalue weighted by Gasteiger charge is 2.07. The molecular weight excluding hydrogens is 336 g/mol. The number of aliphatic carboxylic acids is 1. The lowest BCUT2D eigenvalue weighted by Crippen LogP contribution is -2.10. The first-order chi connectivity index (χ1) is 12.0. The molecule has 0 atom stereocenters. The van der Waals surface area contributed by atoms with Crippen LogP contribution in [0.25, 0.3) is 22.6 Å². The Labute approximate surface area is 148 Å². The largest absolute Gasteiger partial charge is 0.481 e. The van der Waals surface area contributed by atoms with E-state index in [0.717, 1.165) is 27.5 Å². The van der Waals surface area contributed by atoms with Crippen LogP contribution in [-0.2, 0) is 4.79 Å². The van der Waals surface area contributed by atoms with Gasteiger partial charge < -0.3 is 15.8 Å². The van der Waals surface area contributed by atoms with Gasteiger partial charge >= 0.3 is 5.97 Å². The number of amidine groups is 1. The number of imidazole rings is 1. The first-order valence-electron chi connectivity index (χ1n) is 7.48. The van der Waals surface area contributed by atoms with Gasteiger partial charge in [-0.3, -0.25) is 10.2 Å². The summed E-state index contributed by atoms with van der Waals surface area (Å²) in [7, 11) is 0. The molecule has 0 amide bonds. The minimum absolute atomic E-state index is 0.0372. The summed E-state index contributed by atoms with van der Waals surface area (Å²) in [4.78, 5) is 19.2. The van der Waals surface area contributed by atoms with Crippen molar-refractivity contribution < 1.29 is 9.90 Å². The van der Waals surface area contributed by atoms with Crippen LogP contribution in [0.2, 0.25) is 0 Å². The van der Waals surface area contributed by atoms with Crippen molar-refractivity contribution in [3.8, 4) is 22.6 Å². The molecule has 0 fully saturated rings. The fourth-order valence-corrected chi connectivity index (χ4v) is 2.91. The smallest absolute Gasteiger partial charge is 0.313 e. The van der Waals surface area contributed by atoms with Crippen LogP contribution in [0, 0.1) is 5.41 Å². The van der Waals surface area contributed by atoms with Crippen LogP contribution in [-0.4, -0.2) is 32.6 Å². The second-order valence-electron chi connectivity index (χ2n) is 5.33. The molecule has 7 heteroatoms. The SMILES string of the molecule is N=C(N)c1ccc(-c2c[nH]c(-c3ccc(SCC(=O)O)cc3)n2)cc1. The summed E-state index contributed by atoms with van der Waals surface area (Å²) in [6.45, 7) is 0. The van der Waals surface area contributed by atoms with Gasteiger partial charge in [0.25, 0.3) is 0 Å². The predicted octanol–water partition coefficient (Wildman–Crippen LogP) is 3.20. The van der Waals surface area contributed by atoms with Crippen molar-refractivity contribution in [1.82, 2.24) is 9.97 Å². The van der Waals surface area contributed by atoms with Crippen LogP contribution in [0.15, 0.2) is 59.6 Å². The summed E-state index contributed by atoms with van der Waals surface area (Å²) in [5, 5.41) is 16.1. The Bertz CT molecular complexity index is 902. The van der Waals surface area contributed by atoms with Gasteiger partial charge in [-0.2, -0.15) is 0 Å². The number of H-pyrrole nitrogens is 1. The molecule has 0 spiro atoms. The molecule has 3 rings (SSSR count). The number of rotatable bonds is 6. The van der Waals surface area contributed by atoms with Gasteiger partial charge in [-0.25, -0.2) is 4.98 Å². The number of benzene rings is 2. The lowest BCUT2D eigenvalue weighted by molar-refractivity contribution is -0.133. The van der Waals surface area contributed by atoms with Crippen molar-refractivity contribution in [2.45, 2.75) is 4.90 Å². The van der Waals surface area contributed by atoms with Gasteiger partial charge in [0.05, 0.1) is 11.4 Å². The standard InChI is InChI=1S/C18H16N4O2S/c19-17(20)12-3-1-11(2-4-12)15-9-21-18(22-15)13-5-7-14(8-6-13)25-10-16(23)24/h1-9H,10H2,(H3,19,20)(H,21,22)(H,23,24). The number of nitrogens with one attached hydrogen (secondary N) is 2. The Kier molecular flexibility index (Phi) is 4.85. The first-order valence-corrected chi connectivity index (χ1v) is 8.47. The molecule has 0 radical (unpaired) electrons. The normalized spacial score (nSPS) is 10.6. The average molecular weight is 352 g/mol. The maximum atomic E-state index is 10.6. The Hall–Kier alpha value is -3.06. The Morgan fingerprint density at radius 1 is 1.12 bits per heavy atom. The number of nitrogens with zero attached hydrogens (tertiary/aromatic N) is 1. The van der Waals surface area contributed by atoms with E-state index in [0.29, 0.717) is 5.56 Å². The summed E-state index contributed by atoms with van der Waals surface area (Å²) in [5.41, 5.74) is 8.79. The number of carboxylic acids is 1. The first kappa shape index (κ1) is 16.8. The van der Waals surface area contributed by atoms with E-state index in [4.69, 9.17) is 16.2 Å². The molecule has 0 aliphatic rings. The van der Waals surface area contributed by atoms with Gasteiger partial charge in [-0.15, -0.1) is 11.8 Å². The summed E-state index contributed by atoms with van der Waals surface area (Å²) in [6.07, 6.45) is 1.82. The van der Waals surface area contributed by atoms with E-state index >= 15 is 0 Å². The molecule has 25 heavy (non-hydrogen) atoms.